The summed E-state index contributed by atoms with van der Waals surface area (Å²) < 4.78 is 4.87. The maximum atomic E-state index is 13.3. The molecule has 6 nitrogen and oxygen atoms in total. The van der Waals surface area contributed by atoms with Crippen molar-refractivity contribution in [2.75, 3.05) is 7.11 Å². The van der Waals surface area contributed by atoms with Crippen LogP contribution in [0.4, 0.5) is 0 Å². The lowest BCUT2D eigenvalue weighted by Crippen LogP contribution is -2.28. The summed E-state index contributed by atoms with van der Waals surface area (Å²) in [6.45, 7) is 0. The average molecular weight is 500 g/mol. The highest BCUT2D eigenvalue weighted by Crippen LogP contribution is 2.22. The van der Waals surface area contributed by atoms with Crippen molar-refractivity contribution in [2.45, 2.75) is 6.42 Å². The molecule has 180 valence electrons. The molecule has 0 aliphatic heterocycles. The maximum Gasteiger partial charge on any atom is 0.335 e. The first kappa shape index (κ1) is 24.8. The van der Waals surface area contributed by atoms with Crippen molar-refractivity contribution in [1.82, 2.24) is 4.98 Å². The van der Waals surface area contributed by atoms with E-state index in [1.165, 1.54) is 13.2 Å². The summed E-state index contributed by atoms with van der Waals surface area (Å²) in [7, 11) is 1.20. The molecule has 1 heterocycles. The summed E-state index contributed by atoms with van der Waals surface area (Å²) in [6.07, 6.45) is 3.56. The lowest BCUT2D eigenvalue weighted by atomic mass is 9.89. The van der Waals surface area contributed by atoms with Crippen molar-refractivity contribution < 1.29 is 24.2 Å². The van der Waals surface area contributed by atoms with E-state index in [1.54, 1.807) is 42.5 Å². The number of carbonyl (C=O) groups is 3. The molecule has 0 saturated carbocycles. The molecular weight excluding hydrogens is 478 g/mol. The predicted molar refractivity (Wildman–Crippen MR) is 139 cm³/mol. The Labute approximate surface area is 212 Å². The molecule has 0 aliphatic rings. The van der Waals surface area contributed by atoms with Crippen LogP contribution < -0.4 is 0 Å². The highest BCUT2D eigenvalue weighted by atomic mass is 35.5. The van der Waals surface area contributed by atoms with Crippen molar-refractivity contribution in [3.63, 3.8) is 0 Å². The van der Waals surface area contributed by atoms with Crippen LogP contribution in [-0.4, -0.2) is 34.9 Å². The number of carboxylic acid groups (broad SMARTS) is 1. The van der Waals surface area contributed by atoms with Crippen LogP contribution in [-0.2, 0) is 16.0 Å². The van der Waals surface area contributed by atoms with Gasteiger partial charge in [0, 0.05) is 16.0 Å². The van der Waals surface area contributed by atoms with Gasteiger partial charge in [-0.2, -0.15) is 0 Å². The number of ketones is 1. The Balaban J connectivity index is 1.59. The number of Topliss-reactive ketones (excluding diaryl/α,β-unsaturated/α-hetero) is 1. The SMILES string of the molecule is COC(=O)C(Cc1ccccc1C(=O)O)C(=O)c1cccc(/C=C/c2ccc3ccc(Cl)cc3n2)c1. The number of esters is 1. The molecule has 1 aromatic heterocycles. The fourth-order valence-electron chi connectivity index (χ4n) is 3.93. The van der Waals surface area contributed by atoms with E-state index in [-0.39, 0.29) is 12.0 Å². The molecule has 1 unspecified atom stereocenters. The van der Waals surface area contributed by atoms with Crippen LogP contribution in [0.5, 0.6) is 0 Å². The Morgan fingerprint density at radius 2 is 1.75 bits per heavy atom. The number of pyridine rings is 1. The van der Waals surface area contributed by atoms with E-state index in [2.05, 4.69) is 4.98 Å². The zero-order valence-electron chi connectivity index (χ0n) is 19.4. The van der Waals surface area contributed by atoms with Crippen molar-refractivity contribution >= 4 is 52.4 Å². The first-order valence-electron chi connectivity index (χ1n) is 11.1. The molecule has 0 radical (unpaired) electrons. The van der Waals surface area contributed by atoms with Gasteiger partial charge in [-0.3, -0.25) is 9.59 Å². The fourth-order valence-corrected chi connectivity index (χ4v) is 4.10. The van der Waals surface area contributed by atoms with Gasteiger partial charge in [-0.15, -0.1) is 0 Å². The van der Waals surface area contributed by atoms with Gasteiger partial charge in [0.05, 0.1) is 23.9 Å². The molecule has 4 rings (SSSR count). The summed E-state index contributed by atoms with van der Waals surface area (Å²) in [5.74, 6) is -3.48. The summed E-state index contributed by atoms with van der Waals surface area (Å²) in [5.41, 5.74) is 2.98. The van der Waals surface area contributed by atoms with Gasteiger partial charge in [0.15, 0.2) is 5.78 Å². The molecule has 4 aromatic rings. The molecular formula is C29H22ClNO5. The number of rotatable bonds is 8. The predicted octanol–water partition coefficient (Wildman–Crippen LogP) is 5.97. The van der Waals surface area contributed by atoms with Gasteiger partial charge in [-0.05, 0) is 54.0 Å². The molecule has 0 amide bonds. The minimum Gasteiger partial charge on any atom is -0.478 e. The van der Waals surface area contributed by atoms with Crippen LogP contribution in [0.25, 0.3) is 23.1 Å². The standard InChI is InChI=1S/C29H22ClNO5/c1-36-29(35)25(16-20-6-2-3-8-24(20)28(33)34)27(32)21-7-4-5-18(15-21)9-13-23-14-11-19-10-12-22(30)17-26(19)31-23/h2-15,17,25H,16H2,1H3,(H,33,34)/b13-9+. The van der Waals surface area contributed by atoms with Crippen LogP contribution in [0.2, 0.25) is 5.02 Å². The molecule has 7 heteroatoms. The number of halogens is 1. The van der Waals surface area contributed by atoms with Gasteiger partial charge in [-0.25, -0.2) is 9.78 Å². The van der Waals surface area contributed by atoms with E-state index in [1.807, 2.05) is 42.5 Å². The van der Waals surface area contributed by atoms with E-state index in [9.17, 15) is 19.5 Å². The number of carbonyl (C=O) groups excluding carboxylic acids is 2. The smallest absolute Gasteiger partial charge is 0.335 e. The lowest BCUT2D eigenvalue weighted by Gasteiger charge is -2.15. The minimum atomic E-state index is -1.18. The first-order valence-corrected chi connectivity index (χ1v) is 11.5. The number of aromatic nitrogens is 1. The number of ether oxygens (including phenoxy) is 1. The summed E-state index contributed by atoms with van der Waals surface area (Å²) in [5, 5.41) is 11.1. The number of fused-ring (bicyclic) bond motifs is 1. The molecule has 0 saturated heterocycles. The fraction of sp³-hybridized carbons (Fsp3) is 0.103. The third-order valence-electron chi connectivity index (χ3n) is 5.77. The Bertz CT molecular complexity index is 1490. The summed E-state index contributed by atoms with van der Waals surface area (Å²) >= 11 is 6.07. The molecule has 1 atom stereocenters. The van der Waals surface area contributed by atoms with Crippen LogP contribution in [0.1, 0.15) is 37.5 Å². The highest BCUT2D eigenvalue weighted by molar-refractivity contribution is 6.31. The van der Waals surface area contributed by atoms with E-state index < -0.39 is 23.6 Å². The van der Waals surface area contributed by atoms with E-state index in [0.29, 0.717) is 16.1 Å². The molecule has 0 aliphatic carbocycles. The van der Waals surface area contributed by atoms with E-state index >= 15 is 0 Å². The third-order valence-corrected chi connectivity index (χ3v) is 6.00. The first-order chi connectivity index (χ1) is 17.4. The number of nitrogens with zero attached hydrogens (tertiary/aromatic N) is 1. The zero-order chi connectivity index (χ0) is 25.7. The molecule has 1 N–H and O–H groups in total. The Morgan fingerprint density at radius 1 is 0.972 bits per heavy atom. The van der Waals surface area contributed by atoms with Gasteiger partial charge in [0.25, 0.3) is 0 Å². The van der Waals surface area contributed by atoms with Gasteiger partial charge in [0.2, 0.25) is 0 Å². The van der Waals surface area contributed by atoms with Crippen molar-refractivity contribution in [1.29, 1.82) is 0 Å². The van der Waals surface area contributed by atoms with E-state index in [4.69, 9.17) is 16.3 Å². The maximum absolute atomic E-state index is 13.3. The largest absolute Gasteiger partial charge is 0.478 e. The Kier molecular flexibility index (Phi) is 7.56. The molecule has 3 aromatic carbocycles. The number of aromatic carboxylic acids is 1. The Hall–Kier alpha value is -4.29. The zero-order valence-corrected chi connectivity index (χ0v) is 20.1. The van der Waals surface area contributed by atoms with Crippen molar-refractivity contribution in [2.24, 2.45) is 5.92 Å². The molecule has 0 fully saturated rings. The average Bonchev–Trinajstić information content (AvgIpc) is 2.89. The van der Waals surface area contributed by atoms with Crippen LogP contribution in [0.15, 0.2) is 78.9 Å². The van der Waals surface area contributed by atoms with Crippen LogP contribution in [0.3, 0.4) is 0 Å². The minimum absolute atomic E-state index is 0.0417. The molecule has 0 bridgehead atoms. The van der Waals surface area contributed by atoms with Crippen LogP contribution in [0, 0.1) is 5.92 Å². The second kappa shape index (κ2) is 11.0. The highest BCUT2D eigenvalue weighted by Gasteiger charge is 2.30. The lowest BCUT2D eigenvalue weighted by molar-refractivity contribution is -0.143. The molecule has 0 spiro atoms. The molecule has 36 heavy (non-hydrogen) atoms. The van der Waals surface area contributed by atoms with Gasteiger partial charge in [-0.1, -0.05) is 66.2 Å². The quantitative estimate of drug-likeness (QED) is 0.182. The monoisotopic (exact) mass is 499 g/mol. The van der Waals surface area contributed by atoms with E-state index in [0.717, 1.165) is 22.2 Å². The number of benzene rings is 3. The third kappa shape index (κ3) is 5.67. The number of hydrogen-bond donors (Lipinski definition) is 1. The van der Waals surface area contributed by atoms with Gasteiger partial charge < -0.3 is 9.84 Å². The summed E-state index contributed by atoms with van der Waals surface area (Å²) in [4.78, 5) is 42.0. The second-order valence-corrected chi connectivity index (χ2v) is 8.57. The number of methoxy groups -OCH3 is 1. The summed E-state index contributed by atoms with van der Waals surface area (Å²) in [6, 6.07) is 22.5. The van der Waals surface area contributed by atoms with Crippen molar-refractivity contribution in [3.05, 3.63) is 112 Å². The Morgan fingerprint density at radius 3 is 2.53 bits per heavy atom. The van der Waals surface area contributed by atoms with Gasteiger partial charge >= 0.3 is 11.9 Å². The van der Waals surface area contributed by atoms with Gasteiger partial charge in [0.1, 0.15) is 5.92 Å². The number of hydrogen-bond acceptors (Lipinski definition) is 5. The normalized spacial score (nSPS) is 11.9. The topological polar surface area (TPSA) is 93.6 Å². The second-order valence-electron chi connectivity index (χ2n) is 8.14. The number of carboxylic acids is 1. The van der Waals surface area contributed by atoms with Crippen molar-refractivity contribution in [3.8, 4) is 0 Å². The van der Waals surface area contributed by atoms with Crippen LogP contribution >= 0.6 is 11.6 Å².